The van der Waals surface area contributed by atoms with Crippen LogP contribution in [0, 0.1) is 0 Å². The van der Waals surface area contributed by atoms with Gasteiger partial charge in [0.1, 0.15) is 18.8 Å². The van der Waals surface area contributed by atoms with Gasteiger partial charge in [-0.05, 0) is 36.4 Å². The molecule has 3 rings (SSSR count). The molecule has 0 unspecified atom stereocenters. The summed E-state index contributed by atoms with van der Waals surface area (Å²) >= 11 is 0. The van der Waals surface area contributed by atoms with Gasteiger partial charge in [-0.15, -0.1) is 10.2 Å². The third-order valence-corrected chi connectivity index (χ3v) is 3.49. The molecule has 0 radical (unpaired) electrons. The molecule has 0 saturated carbocycles. The summed E-state index contributed by atoms with van der Waals surface area (Å²) in [6, 6.07) is 4.43. The zero-order chi connectivity index (χ0) is 20.1. The maximum absolute atomic E-state index is 12.7. The molecule has 2 aromatic heterocycles. The largest absolute Gasteiger partial charge is 0.416 e. The predicted molar refractivity (Wildman–Crippen MR) is 90.7 cm³/mol. The Morgan fingerprint density at radius 2 is 2.00 bits per heavy atom. The maximum atomic E-state index is 12.7. The number of carbonyl (C=O) groups excluding carboxylic acids is 1. The number of alkyl halides is 3. The van der Waals surface area contributed by atoms with E-state index in [1.807, 2.05) is 0 Å². The van der Waals surface area contributed by atoms with Gasteiger partial charge in [-0.2, -0.15) is 13.2 Å². The second kappa shape index (κ2) is 8.08. The van der Waals surface area contributed by atoms with E-state index in [2.05, 4.69) is 30.7 Å². The standard InChI is InChI=1S/C16H14F3N7O2/c1-2-28-8-13(27)26-24-15(23-25-26)12-7-20-9-21-14(12)22-11-5-3-10(4-6-11)16(17,18)19/h3-7,9H,2,8H2,1H3,(H,20,21,22). The quantitative estimate of drug-likeness (QED) is 0.681. The van der Waals surface area contributed by atoms with Crippen molar-refractivity contribution < 1.29 is 22.7 Å². The Hall–Kier alpha value is -3.41. The highest BCUT2D eigenvalue weighted by Crippen LogP contribution is 2.31. The van der Waals surface area contributed by atoms with Crippen molar-refractivity contribution in [2.24, 2.45) is 0 Å². The first-order valence-corrected chi connectivity index (χ1v) is 8.04. The van der Waals surface area contributed by atoms with E-state index in [0.717, 1.165) is 16.9 Å². The van der Waals surface area contributed by atoms with E-state index >= 15 is 0 Å². The number of aromatic nitrogens is 6. The van der Waals surface area contributed by atoms with Crippen LogP contribution in [-0.2, 0) is 10.9 Å². The molecule has 12 heteroatoms. The van der Waals surface area contributed by atoms with Crippen molar-refractivity contribution in [3.63, 3.8) is 0 Å². The molecule has 0 amide bonds. The van der Waals surface area contributed by atoms with Crippen LogP contribution in [0.2, 0.25) is 0 Å². The van der Waals surface area contributed by atoms with E-state index in [9.17, 15) is 18.0 Å². The van der Waals surface area contributed by atoms with Crippen LogP contribution in [0.5, 0.6) is 0 Å². The fraction of sp³-hybridized carbons (Fsp3) is 0.250. The lowest BCUT2D eigenvalue weighted by molar-refractivity contribution is -0.137. The third-order valence-electron chi connectivity index (χ3n) is 3.49. The molecule has 0 bridgehead atoms. The summed E-state index contributed by atoms with van der Waals surface area (Å²) in [6.45, 7) is 1.91. The molecule has 0 saturated heterocycles. The van der Waals surface area contributed by atoms with Gasteiger partial charge in [-0.3, -0.25) is 4.79 Å². The number of nitrogens with zero attached hydrogens (tertiary/aromatic N) is 6. The van der Waals surface area contributed by atoms with Crippen LogP contribution in [0.3, 0.4) is 0 Å². The zero-order valence-electron chi connectivity index (χ0n) is 14.5. The molecule has 0 aliphatic rings. The van der Waals surface area contributed by atoms with Gasteiger partial charge in [0, 0.05) is 18.5 Å². The van der Waals surface area contributed by atoms with E-state index in [1.54, 1.807) is 6.92 Å². The molecule has 0 aliphatic heterocycles. The van der Waals surface area contributed by atoms with Crippen LogP contribution in [-0.4, -0.2) is 49.3 Å². The summed E-state index contributed by atoms with van der Waals surface area (Å²) in [4.78, 5) is 20.6. The lowest BCUT2D eigenvalue weighted by Crippen LogP contribution is -2.20. The first kappa shape index (κ1) is 19.4. The van der Waals surface area contributed by atoms with Crippen molar-refractivity contribution in [1.29, 1.82) is 0 Å². The van der Waals surface area contributed by atoms with Gasteiger partial charge in [-0.1, -0.05) is 4.80 Å². The molecule has 1 N–H and O–H groups in total. The number of hydrogen-bond acceptors (Lipinski definition) is 8. The van der Waals surface area contributed by atoms with Crippen molar-refractivity contribution >= 4 is 17.4 Å². The van der Waals surface area contributed by atoms with E-state index in [4.69, 9.17) is 4.74 Å². The summed E-state index contributed by atoms with van der Waals surface area (Å²) in [7, 11) is 0. The van der Waals surface area contributed by atoms with Gasteiger partial charge in [0.2, 0.25) is 5.82 Å². The number of anilines is 2. The Morgan fingerprint density at radius 1 is 1.25 bits per heavy atom. The number of ether oxygens (including phenoxy) is 1. The molecular weight excluding hydrogens is 379 g/mol. The van der Waals surface area contributed by atoms with Crippen LogP contribution in [0.25, 0.3) is 11.4 Å². The number of benzene rings is 1. The number of nitrogens with one attached hydrogen (secondary N) is 1. The second-order valence-corrected chi connectivity index (χ2v) is 5.42. The number of halogens is 3. The van der Waals surface area contributed by atoms with Crippen LogP contribution < -0.4 is 5.32 Å². The van der Waals surface area contributed by atoms with E-state index in [1.165, 1.54) is 24.7 Å². The van der Waals surface area contributed by atoms with Crippen molar-refractivity contribution in [2.45, 2.75) is 13.1 Å². The topological polar surface area (TPSA) is 108 Å². The lowest BCUT2D eigenvalue weighted by Gasteiger charge is -2.10. The van der Waals surface area contributed by atoms with E-state index < -0.39 is 17.6 Å². The molecule has 0 atom stereocenters. The first-order valence-electron chi connectivity index (χ1n) is 8.04. The number of hydrogen-bond donors (Lipinski definition) is 1. The van der Waals surface area contributed by atoms with Crippen LogP contribution in [0.4, 0.5) is 24.7 Å². The van der Waals surface area contributed by atoms with E-state index in [0.29, 0.717) is 17.9 Å². The highest BCUT2D eigenvalue weighted by Gasteiger charge is 2.30. The van der Waals surface area contributed by atoms with Gasteiger partial charge < -0.3 is 10.1 Å². The van der Waals surface area contributed by atoms with E-state index in [-0.39, 0.29) is 18.2 Å². The van der Waals surface area contributed by atoms with Crippen LogP contribution in [0.15, 0.2) is 36.8 Å². The Kier molecular flexibility index (Phi) is 5.59. The second-order valence-electron chi connectivity index (χ2n) is 5.42. The summed E-state index contributed by atoms with van der Waals surface area (Å²) in [5, 5.41) is 14.3. The van der Waals surface area contributed by atoms with Crippen LogP contribution in [0.1, 0.15) is 17.3 Å². The predicted octanol–water partition coefficient (Wildman–Crippen LogP) is 2.57. The minimum Gasteiger partial charge on any atom is -0.372 e. The van der Waals surface area contributed by atoms with Gasteiger partial charge in [0.25, 0.3) is 5.91 Å². The van der Waals surface area contributed by atoms with Gasteiger partial charge in [-0.25, -0.2) is 9.97 Å². The van der Waals surface area contributed by atoms with Crippen molar-refractivity contribution in [2.75, 3.05) is 18.5 Å². The molecule has 0 spiro atoms. The summed E-state index contributed by atoms with van der Waals surface area (Å²) in [6.07, 6.45) is -1.77. The van der Waals surface area contributed by atoms with Crippen LogP contribution >= 0.6 is 0 Å². The van der Waals surface area contributed by atoms with Gasteiger partial charge in [0.15, 0.2) is 0 Å². The normalized spacial score (nSPS) is 11.4. The molecule has 146 valence electrons. The molecule has 28 heavy (non-hydrogen) atoms. The minimum absolute atomic E-state index is 0.0693. The third kappa shape index (κ3) is 4.46. The number of tetrazole rings is 1. The Bertz CT molecular complexity index is 957. The fourth-order valence-electron chi connectivity index (χ4n) is 2.15. The first-order chi connectivity index (χ1) is 13.4. The number of rotatable bonds is 6. The lowest BCUT2D eigenvalue weighted by atomic mass is 10.2. The Labute approximate surface area is 156 Å². The summed E-state index contributed by atoms with van der Waals surface area (Å²) in [5.74, 6) is -0.193. The van der Waals surface area contributed by atoms with Gasteiger partial charge in [0.05, 0.1) is 11.1 Å². The molecule has 2 heterocycles. The molecule has 0 fully saturated rings. The maximum Gasteiger partial charge on any atom is 0.416 e. The zero-order valence-corrected chi connectivity index (χ0v) is 14.5. The Morgan fingerprint density at radius 3 is 2.68 bits per heavy atom. The van der Waals surface area contributed by atoms with Crippen molar-refractivity contribution in [3.8, 4) is 11.4 Å². The summed E-state index contributed by atoms with van der Waals surface area (Å²) in [5.41, 5.74) is -0.0796. The monoisotopic (exact) mass is 393 g/mol. The minimum atomic E-state index is -4.42. The molecule has 1 aromatic carbocycles. The highest BCUT2D eigenvalue weighted by atomic mass is 19.4. The Balaban J connectivity index is 1.82. The molecule has 3 aromatic rings. The molecule has 9 nitrogen and oxygen atoms in total. The van der Waals surface area contributed by atoms with Gasteiger partial charge >= 0.3 is 6.18 Å². The fourth-order valence-corrected chi connectivity index (χ4v) is 2.15. The number of carbonyl (C=O) groups is 1. The average Bonchev–Trinajstić information content (AvgIpc) is 3.16. The molecule has 0 aliphatic carbocycles. The molecular formula is C16H14F3N7O2. The SMILES string of the molecule is CCOCC(=O)n1nnc(-c2cncnc2Nc2ccc(C(F)(F)F)cc2)n1. The van der Waals surface area contributed by atoms with Crippen molar-refractivity contribution in [1.82, 2.24) is 30.2 Å². The summed E-state index contributed by atoms with van der Waals surface area (Å²) < 4.78 is 43.0. The van der Waals surface area contributed by atoms with Crippen molar-refractivity contribution in [3.05, 3.63) is 42.4 Å². The average molecular weight is 393 g/mol. The highest BCUT2D eigenvalue weighted by molar-refractivity contribution is 5.79. The smallest absolute Gasteiger partial charge is 0.372 e.